The summed E-state index contributed by atoms with van der Waals surface area (Å²) in [5, 5.41) is 11.8. The first-order chi connectivity index (χ1) is 8.85. The van der Waals surface area contributed by atoms with Crippen LogP contribution in [-0.2, 0) is 9.53 Å². The third-order valence-electron chi connectivity index (χ3n) is 2.35. The molecule has 0 radical (unpaired) electrons. The van der Waals surface area contributed by atoms with E-state index in [0.29, 0.717) is 11.4 Å². The van der Waals surface area contributed by atoms with Crippen LogP contribution in [0.25, 0.3) is 0 Å². The fourth-order valence-electron chi connectivity index (χ4n) is 1.62. The third kappa shape index (κ3) is 4.57. The quantitative estimate of drug-likeness (QED) is 0.765. The van der Waals surface area contributed by atoms with Crippen LogP contribution in [0.2, 0.25) is 0 Å². The summed E-state index contributed by atoms with van der Waals surface area (Å²) < 4.78 is 4.93. The van der Waals surface area contributed by atoms with Gasteiger partial charge in [-0.1, -0.05) is 0 Å². The Morgan fingerprint density at radius 2 is 2.16 bits per heavy atom. The molecule has 0 bridgehead atoms. The highest BCUT2D eigenvalue weighted by Gasteiger charge is 2.24. The van der Waals surface area contributed by atoms with Gasteiger partial charge < -0.3 is 15.2 Å². The SMILES string of the molecule is CCOC(=O)c1cccnc1NC(C)(C)CC(=O)O. The summed E-state index contributed by atoms with van der Waals surface area (Å²) in [6, 6.07) is 3.21. The number of carboxylic acid groups (broad SMARTS) is 1. The van der Waals surface area contributed by atoms with Crippen LogP contribution in [0.15, 0.2) is 18.3 Å². The zero-order chi connectivity index (χ0) is 14.5. The fourth-order valence-corrected chi connectivity index (χ4v) is 1.62. The lowest BCUT2D eigenvalue weighted by atomic mass is 10.0. The van der Waals surface area contributed by atoms with E-state index in [1.807, 2.05) is 0 Å². The molecule has 0 spiro atoms. The van der Waals surface area contributed by atoms with Gasteiger partial charge in [-0.2, -0.15) is 0 Å². The number of carboxylic acids is 1. The van der Waals surface area contributed by atoms with Crippen molar-refractivity contribution in [3.8, 4) is 0 Å². The number of nitrogens with zero attached hydrogens (tertiary/aromatic N) is 1. The number of nitrogens with one attached hydrogen (secondary N) is 1. The normalized spacial score (nSPS) is 10.9. The van der Waals surface area contributed by atoms with Crippen LogP contribution in [0.3, 0.4) is 0 Å². The number of hydrogen-bond acceptors (Lipinski definition) is 5. The van der Waals surface area contributed by atoms with Gasteiger partial charge in [-0.15, -0.1) is 0 Å². The number of hydrogen-bond donors (Lipinski definition) is 2. The van der Waals surface area contributed by atoms with Gasteiger partial charge in [0.1, 0.15) is 11.4 Å². The van der Waals surface area contributed by atoms with Crippen molar-refractivity contribution >= 4 is 17.8 Å². The average Bonchev–Trinajstić information content (AvgIpc) is 2.27. The van der Waals surface area contributed by atoms with E-state index in [1.165, 1.54) is 6.20 Å². The molecule has 0 atom stereocenters. The molecule has 0 saturated heterocycles. The van der Waals surface area contributed by atoms with Crippen molar-refractivity contribution in [1.82, 2.24) is 4.98 Å². The number of carbonyl (C=O) groups excluding carboxylic acids is 1. The Kier molecular flexibility index (Phi) is 4.86. The molecule has 0 aliphatic carbocycles. The molecule has 104 valence electrons. The van der Waals surface area contributed by atoms with Crippen LogP contribution in [0.5, 0.6) is 0 Å². The van der Waals surface area contributed by atoms with Gasteiger partial charge in [-0.3, -0.25) is 4.79 Å². The minimum Gasteiger partial charge on any atom is -0.481 e. The van der Waals surface area contributed by atoms with Crippen molar-refractivity contribution in [3.05, 3.63) is 23.9 Å². The first kappa shape index (κ1) is 14.9. The second kappa shape index (κ2) is 6.17. The van der Waals surface area contributed by atoms with Gasteiger partial charge in [0.15, 0.2) is 0 Å². The Morgan fingerprint density at radius 1 is 1.47 bits per heavy atom. The smallest absolute Gasteiger partial charge is 0.341 e. The Hall–Kier alpha value is -2.11. The van der Waals surface area contributed by atoms with Crippen LogP contribution < -0.4 is 5.32 Å². The summed E-state index contributed by atoms with van der Waals surface area (Å²) >= 11 is 0. The van der Waals surface area contributed by atoms with Crippen molar-refractivity contribution < 1.29 is 19.4 Å². The number of aromatic nitrogens is 1. The highest BCUT2D eigenvalue weighted by molar-refractivity contribution is 5.94. The number of rotatable bonds is 6. The fraction of sp³-hybridized carbons (Fsp3) is 0.462. The number of pyridine rings is 1. The molecule has 0 amide bonds. The molecular formula is C13H18N2O4. The van der Waals surface area contributed by atoms with E-state index in [1.54, 1.807) is 32.9 Å². The summed E-state index contributed by atoms with van der Waals surface area (Å²) in [7, 11) is 0. The van der Waals surface area contributed by atoms with E-state index in [0.717, 1.165) is 0 Å². The van der Waals surface area contributed by atoms with Crippen LogP contribution in [-0.4, -0.2) is 34.2 Å². The molecule has 2 N–H and O–H groups in total. The molecule has 0 fully saturated rings. The largest absolute Gasteiger partial charge is 0.481 e. The van der Waals surface area contributed by atoms with Gasteiger partial charge in [-0.25, -0.2) is 9.78 Å². The predicted molar refractivity (Wildman–Crippen MR) is 70.1 cm³/mol. The Labute approximate surface area is 111 Å². The molecular weight excluding hydrogens is 248 g/mol. The summed E-state index contributed by atoms with van der Waals surface area (Å²) in [5.41, 5.74) is -0.427. The third-order valence-corrected chi connectivity index (χ3v) is 2.35. The van der Waals surface area contributed by atoms with E-state index >= 15 is 0 Å². The lowest BCUT2D eigenvalue weighted by Gasteiger charge is -2.25. The molecule has 6 nitrogen and oxygen atoms in total. The van der Waals surface area contributed by atoms with Crippen LogP contribution >= 0.6 is 0 Å². The Balaban J connectivity index is 2.95. The summed E-state index contributed by atoms with van der Waals surface area (Å²) in [6.45, 7) is 5.44. The molecule has 19 heavy (non-hydrogen) atoms. The summed E-state index contributed by atoms with van der Waals surface area (Å²) in [4.78, 5) is 26.6. The van der Waals surface area contributed by atoms with Crippen LogP contribution in [0.4, 0.5) is 5.82 Å². The van der Waals surface area contributed by atoms with E-state index in [-0.39, 0.29) is 13.0 Å². The first-order valence-electron chi connectivity index (χ1n) is 5.98. The number of aliphatic carboxylic acids is 1. The van der Waals surface area contributed by atoms with Crippen molar-refractivity contribution in [2.45, 2.75) is 32.7 Å². The molecule has 6 heteroatoms. The van der Waals surface area contributed by atoms with Gasteiger partial charge in [0.25, 0.3) is 0 Å². The second-order valence-corrected chi connectivity index (χ2v) is 4.70. The average molecular weight is 266 g/mol. The van der Waals surface area contributed by atoms with E-state index < -0.39 is 17.5 Å². The van der Waals surface area contributed by atoms with E-state index in [4.69, 9.17) is 9.84 Å². The van der Waals surface area contributed by atoms with Crippen LogP contribution in [0, 0.1) is 0 Å². The maximum atomic E-state index is 11.8. The lowest BCUT2D eigenvalue weighted by molar-refractivity contribution is -0.137. The Morgan fingerprint density at radius 3 is 2.74 bits per heavy atom. The molecule has 0 aliphatic heterocycles. The van der Waals surface area contributed by atoms with Gasteiger partial charge in [0, 0.05) is 11.7 Å². The lowest BCUT2D eigenvalue weighted by Crippen LogP contribution is -2.34. The van der Waals surface area contributed by atoms with Gasteiger partial charge in [0.2, 0.25) is 0 Å². The van der Waals surface area contributed by atoms with Crippen molar-refractivity contribution in [3.63, 3.8) is 0 Å². The molecule has 1 aromatic heterocycles. The minimum atomic E-state index is -0.925. The molecule has 0 saturated carbocycles. The molecule has 0 unspecified atom stereocenters. The monoisotopic (exact) mass is 266 g/mol. The van der Waals surface area contributed by atoms with Crippen LogP contribution in [0.1, 0.15) is 37.6 Å². The molecule has 1 aromatic rings. The van der Waals surface area contributed by atoms with E-state index in [2.05, 4.69) is 10.3 Å². The second-order valence-electron chi connectivity index (χ2n) is 4.70. The first-order valence-corrected chi connectivity index (χ1v) is 5.98. The Bertz CT molecular complexity index is 471. The van der Waals surface area contributed by atoms with Crippen molar-refractivity contribution in [1.29, 1.82) is 0 Å². The zero-order valence-corrected chi connectivity index (χ0v) is 11.3. The van der Waals surface area contributed by atoms with Crippen molar-refractivity contribution in [2.75, 3.05) is 11.9 Å². The standard InChI is InChI=1S/C13H18N2O4/c1-4-19-12(18)9-6-5-7-14-11(9)15-13(2,3)8-10(16)17/h5-7H,4,8H2,1-3H3,(H,14,15)(H,16,17). The molecule has 1 heterocycles. The maximum absolute atomic E-state index is 11.8. The minimum absolute atomic E-state index is 0.0914. The van der Waals surface area contributed by atoms with Gasteiger partial charge in [-0.05, 0) is 32.9 Å². The van der Waals surface area contributed by atoms with Gasteiger partial charge in [0.05, 0.1) is 13.0 Å². The number of ether oxygens (including phenoxy) is 1. The number of carbonyl (C=O) groups is 2. The van der Waals surface area contributed by atoms with Crippen molar-refractivity contribution in [2.24, 2.45) is 0 Å². The maximum Gasteiger partial charge on any atom is 0.341 e. The summed E-state index contributed by atoms with van der Waals surface area (Å²) in [5.74, 6) is -1.08. The topological polar surface area (TPSA) is 88.5 Å². The molecule has 0 aromatic carbocycles. The summed E-state index contributed by atoms with van der Waals surface area (Å²) in [6.07, 6.45) is 1.44. The number of anilines is 1. The highest BCUT2D eigenvalue weighted by Crippen LogP contribution is 2.20. The van der Waals surface area contributed by atoms with E-state index in [9.17, 15) is 9.59 Å². The highest BCUT2D eigenvalue weighted by atomic mass is 16.5. The number of esters is 1. The predicted octanol–water partition coefficient (Wildman–Crippen LogP) is 1.92. The molecule has 1 rings (SSSR count). The zero-order valence-electron chi connectivity index (χ0n) is 11.3. The van der Waals surface area contributed by atoms with Gasteiger partial charge >= 0.3 is 11.9 Å². The molecule has 0 aliphatic rings.